The molecule has 0 bridgehead atoms. The molecule has 0 fully saturated rings. The fourth-order valence-corrected chi connectivity index (χ4v) is 1.30. The van der Waals surface area contributed by atoms with Gasteiger partial charge in [-0.3, -0.25) is 4.90 Å². The summed E-state index contributed by atoms with van der Waals surface area (Å²) in [6, 6.07) is 0. The normalized spacial score (nSPS) is 12.5. The average molecular weight is 172 g/mol. The van der Waals surface area contributed by atoms with Gasteiger partial charge in [0.15, 0.2) is 0 Å². The average Bonchev–Trinajstić information content (AvgIpc) is 2.00. The van der Waals surface area contributed by atoms with E-state index in [-0.39, 0.29) is 0 Å². The predicted molar refractivity (Wildman–Crippen MR) is 55.3 cm³/mol. The molecule has 0 aromatic heterocycles. The Bertz CT molecular complexity index is 110. The van der Waals surface area contributed by atoms with Crippen LogP contribution < -0.4 is 5.32 Å². The summed E-state index contributed by atoms with van der Waals surface area (Å²) in [6.07, 6.45) is 2.51. The summed E-state index contributed by atoms with van der Waals surface area (Å²) in [7, 11) is 2.18. The molecule has 1 N–H and O–H groups in total. The van der Waals surface area contributed by atoms with Crippen molar-refractivity contribution in [2.45, 2.75) is 46.1 Å². The van der Waals surface area contributed by atoms with Gasteiger partial charge in [-0.25, -0.2) is 0 Å². The van der Waals surface area contributed by atoms with E-state index in [9.17, 15) is 0 Å². The van der Waals surface area contributed by atoms with Gasteiger partial charge in [0.25, 0.3) is 0 Å². The van der Waals surface area contributed by atoms with Crippen molar-refractivity contribution in [3.8, 4) is 0 Å². The van der Waals surface area contributed by atoms with Crippen LogP contribution in [0.2, 0.25) is 0 Å². The maximum absolute atomic E-state index is 3.34. The van der Waals surface area contributed by atoms with E-state index in [0.717, 1.165) is 13.2 Å². The topological polar surface area (TPSA) is 15.3 Å². The molecule has 12 heavy (non-hydrogen) atoms. The predicted octanol–water partition coefficient (Wildman–Crippen LogP) is 2.06. The number of nitrogens with zero attached hydrogens (tertiary/aromatic N) is 1. The lowest BCUT2D eigenvalue weighted by atomic mass is 9.97. The highest BCUT2D eigenvalue weighted by Crippen LogP contribution is 2.17. The molecule has 0 radical (unpaired) electrons. The maximum Gasteiger partial charge on any atom is 0.0482 e. The summed E-state index contributed by atoms with van der Waals surface area (Å²) in [6.45, 7) is 11.0. The minimum Gasteiger partial charge on any atom is -0.305 e. The molecular formula is C10H24N2. The van der Waals surface area contributed by atoms with Gasteiger partial charge in [-0.1, -0.05) is 20.3 Å². The van der Waals surface area contributed by atoms with E-state index in [1.54, 1.807) is 0 Å². The molecule has 0 spiro atoms. The van der Waals surface area contributed by atoms with Crippen molar-refractivity contribution in [3.63, 3.8) is 0 Å². The first-order valence-corrected chi connectivity index (χ1v) is 4.96. The maximum atomic E-state index is 3.34. The Morgan fingerprint density at radius 3 is 2.25 bits per heavy atom. The number of hydrogen-bond donors (Lipinski definition) is 1. The summed E-state index contributed by atoms with van der Waals surface area (Å²) < 4.78 is 0. The zero-order valence-electron chi connectivity index (χ0n) is 9.28. The third-order valence-electron chi connectivity index (χ3n) is 2.49. The summed E-state index contributed by atoms with van der Waals surface area (Å²) in [5.41, 5.74) is 0.330. The molecule has 2 nitrogen and oxygen atoms in total. The van der Waals surface area contributed by atoms with Crippen molar-refractivity contribution < 1.29 is 0 Å². The van der Waals surface area contributed by atoms with Gasteiger partial charge in [0.05, 0.1) is 0 Å². The second-order valence-electron chi connectivity index (χ2n) is 4.02. The zero-order valence-corrected chi connectivity index (χ0v) is 9.28. The SMILES string of the molecule is CCCC(C)(C)N(C)CNCC. The Morgan fingerprint density at radius 2 is 1.83 bits per heavy atom. The van der Waals surface area contributed by atoms with Gasteiger partial charge in [-0.15, -0.1) is 0 Å². The first kappa shape index (κ1) is 11.9. The lowest BCUT2D eigenvalue weighted by Crippen LogP contribution is -2.45. The van der Waals surface area contributed by atoms with Crippen molar-refractivity contribution in [1.82, 2.24) is 10.2 Å². The molecule has 0 heterocycles. The molecule has 0 atom stereocenters. The Labute approximate surface area is 77.3 Å². The molecule has 0 aromatic carbocycles. The van der Waals surface area contributed by atoms with Crippen LogP contribution in [0.4, 0.5) is 0 Å². The molecule has 0 aromatic rings. The first-order chi connectivity index (χ1) is 5.54. The highest BCUT2D eigenvalue weighted by Gasteiger charge is 2.21. The Kier molecular flexibility index (Phi) is 5.51. The highest BCUT2D eigenvalue weighted by atomic mass is 15.2. The molecule has 0 amide bonds. The van der Waals surface area contributed by atoms with Crippen LogP contribution in [-0.2, 0) is 0 Å². The smallest absolute Gasteiger partial charge is 0.0482 e. The van der Waals surface area contributed by atoms with Crippen LogP contribution in [0.5, 0.6) is 0 Å². The Balaban J connectivity index is 3.79. The highest BCUT2D eigenvalue weighted by molar-refractivity contribution is 4.77. The van der Waals surface area contributed by atoms with Crippen molar-refractivity contribution in [1.29, 1.82) is 0 Å². The van der Waals surface area contributed by atoms with Crippen LogP contribution in [0, 0.1) is 0 Å². The van der Waals surface area contributed by atoms with Crippen LogP contribution in [0.3, 0.4) is 0 Å². The van der Waals surface area contributed by atoms with E-state index < -0.39 is 0 Å². The van der Waals surface area contributed by atoms with Gasteiger partial charge in [0, 0.05) is 12.2 Å². The lowest BCUT2D eigenvalue weighted by Gasteiger charge is -2.35. The monoisotopic (exact) mass is 172 g/mol. The van der Waals surface area contributed by atoms with Crippen LogP contribution in [0.15, 0.2) is 0 Å². The van der Waals surface area contributed by atoms with Crippen LogP contribution in [-0.4, -0.2) is 30.7 Å². The van der Waals surface area contributed by atoms with Gasteiger partial charge >= 0.3 is 0 Å². The molecule has 0 aliphatic carbocycles. The van der Waals surface area contributed by atoms with E-state index in [2.05, 4.69) is 45.0 Å². The fraction of sp³-hybridized carbons (Fsp3) is 1.00. The molecular weight excluding hydrogens is 148 g/mol. The van der Waals surface area contributed by atoms with Crippen LogP contribution >= 0.6 is 0 Å². The van der Waals surface area contributed by atoms with E-state index in [0.29, 0.717) is 5.54 Å². The van der Waals surface area contributed by atoms with Crippen molar-refractivity contribution in [3.05, 3.63) is 0 Å². The second-order valence-corrected chi connectivity index (χ2v) is 4.02. The minimum atomic E-state index is 0.330. The van der Waals surface area contributed by atoms with Gasteiger partial charge in [0.1, 0.15) is 0 Å². The van der Waals surface area contributed by atoms with E-state index in [1.165, 1.54) is 12.8 Å². The second kappa shape index (κ2) is 5.55. The number of hydrogen-bond acceptors (Lipinski definition) is 2. The van der Waals surface area contributed by atoms with Gasteiger partial charge < -0.3 is 5.32 Å². The fourth-order valence-electron chi connectivity index (χ4n) is 1.30. The van der Waals surface area contributed by atoms with Crippen molar-refractivity contribution >= 4 is 0 Å². The zero-order chi connectivity index (χ0) is 9.61. The summed E-state index contributed by atoms with van der Waals surface area (Å²) >= 11 is 0. The molecule has 0 aliphatic rings. The largest absolute Gasteiger partial charge is 0.305 e. The molecule has 0 unspecified atom stereocenters. The third kappa shape index (κ3) is 4.07. The number of nitrogens with one attached hydrogen (secondary N) is 1. The quantitative estimate of drug-likeness (QED) is 0.617. The van der Waals surface area contributed by atoms with Gasteiger partial charge in [-0.05, 0) is 33.9 Å². The molecule has 0 rings (SSSR count). The van der Waals surface area contributed by atoms with E-state index >= 15 is 0 Å². The third-order valence-corrected chi connectivity index (χ3v) is 2.49. The van der Waals surface area contributed by atoms with Gasteiger partial charge in [-0.2, -0.15) is 0 Å². The first-order valence-electron chi connectivity index (χ1n) is 4.96. The molecule has 0 saturated heterocycles. The summed E-state index contributed by atoms with van der Waals surface area (Å²) in [5.74, 6) is 0. The summed E-state index contributed by atoms with van der Waals surface area (Å²) in [4.78, 5) is 2.38. The van der Waals surface area contributed by atoms with Crippen LogP contribution in [0.1, 0.15) is 40.5 Å². The number of rotatable bonds is 6. The molecule has 74 valence electrons. The molecule has 0 saturated carbocycles. The van der Waals surface area contributed by atoms with Crippen molar-refractivity contribution in [2.75, 3.05) is 20.3 Å². The van der Waals surface area contributed by atoms with E-state index in [1.807, 2.05) is 0 Å². The summed E-state index contributed by atoms with van der Waals surface area (Å²) in [5, 5.41) is 3.34. The molecule has 2 heteroatoms. The standard InChI is InChI=1S/C10H24N2/c1-6-8-10(3,4)12(5)9-11-7-2/h11H,6-9H2,1-5H3. The van der Waals surface area contributed by atoms with Crippen molar-refractivity contribution in [2.24, 2.45) is 0 Å². The van der Waals surface area contributed by atoms with E-state index in [4.69, 9.17) is 0 Å². The van der Waals surface area contributed by atoms with Crippen LogP contribution in [0.25, 0.3) is 0 Å². The molecule has 0 aliphatic heterocycles. The van der Waals surface area contributed by atoms with Gasteiger partial charge in [0.2, 0.25) is 0 Å². The Morgan fingerprint density at radius 1 is 1.25 bits per heavy atom. The minimum absolute atomic E-state index is 0.330. The lowest BCUT2D eigenvalue weighted by molar-refractivity contribution is 0.134. The Hall–Kier alpha value is -0.0800.